The van der Waals surface area contributed by atoms with E-state index in [0.29, 0.717) is 12.5 Å². The van der Waals surface area contributed by atoms with Gasteiger partial charge in [0.25, 0.3) is 0 Å². The fraction of sp³-hybridized carbons (Fsp3) is 0.533. The Hall–Kier alpha value is -2.11. The van der Waals surface area contributed by atoms with Gasteiger partial charge in [0.05, 0.1) is 0 Å². The molecule has 0 aromatic carbocycles. The molecule has 1 saturated heterocycles. The number of amides is 1. The van der Waals surface area contributed by atoms with E-state index in [-0.39, 0.29) is 5.91 Å². The molecule has 1 amide bonds. The Morgan fingerprint density at radius 3 is 3.00 bits per heavy atom. The molecule has 6 heteroatoms. The number of hydrogen-bond donors (Lipinski definition) is 0. The zero-order valence-electron chi connectivity index (χ0n) is 12.4. The van der Waals surface area contributed by atoms with Crippen molar-refractivity contribution in [3.8, 4) is 0 Å². The summed E-state index contributed by atoms with van der Waals surface area (Å²) in [5, 5.41) is 4.10. The predicted molar refractivity (Wildman–Crippen MR) is 78.5 cm³/mol. The Labute approximate surface area is 124 Å². The summed E-state index contributed by atoms with van der Waals surface area (Å²) in [4.78, 5) is 18.6. The molecule has 21 heavy (non-hydrogen) atoms. The zero-order valence-corrected chi connectivity index (χ0v) is 12.4. The van der Waals surface area contributed by atoms with Gasteiger partial charge in [-0.1, -0.05) is 0 Å². The molecule has 0 aliphatic carbocycles. The van der Waals surface area contributed by atoms with Crippen molar-refractivity contribution in [2.75, 3.05) is 13.1 Å². The first-order valence-corrected chi connectivity index (χ1v) is 7.45. The second-order valence-corrected chi connectivity index (χ2v) is 5.68. The molecule has 0 saturated carbocycles. The number of likely N-dealkylation sites (tertiary alicyclic amines) is 1. The Balaban J connectivity index is 1.57. The van der Waals surface area contributed by atoms with Crippen molar-refractivity contribution in [2.45, 2.75) is 32.9 Å². The number of imidazole rings is 1. The minimum absolute atomic E-state index is 0.158. The van der Waals surface area contributed by atoms with E-state index in [0.717, 1.165) is 31.9 Å². The van der Waals surface area contributed by atoms with Crippen molar-refractivity contribution in [2.24, 2.45) is 5.92 Å². The smallest absolute Gasteiger partial charge is 0.244 e. The molecular weight excluding hydrogens is 266 g/mol. The third kappa shape index (κ3) is 3.32. The molecule has 1 aliphatic rings. The molecule has 3 heterocycles. The average Bonchev–Trinajstić information content (AvgIpc) is 3.12. The molecule has 1 aliphatic heterocycles. The highest BCUT2D eigenvalue weighted by atomic mass is 16.2. The van der Waals surface area contributed by atoms with Crippen LogP contribution in [0.25, 0.3) is 0 Å². The van der Waals surface area contributed by atoms with Crippen LogP contribution in [0.15, 0.2) is 30.9 Å². The Bertz CT molecular complexity index is 589. The molecule has 0 bridgehead atoms. The molecule has 0 N–H and O–H groups in total. The minimum Gasteiger partial charge on any atom is -0.341 e. The molecule has 0 radical (unpaired) electrons. The lowest BCUT2D eigenvalue weighted by molar-refractivity contribution is -0.134. The highest BCUT2D eigenvalue weighted by molar-refractivity contribution is 5.76. The summed E-state index contributed by atoms with van der Waals surface area (Å²) >= 11 is 0. The number of piperidine rings is 1. The topological polar surface area (TPSA) is 56.0 Å². The first-order chi connectivity index (χ1) is 10.2. The zero-order chi connectivity index (χ0) is 14.7. The number of aryl methyl sites for hydroxylation is 1. The van der Waals surface area contributed by atoms with E-state index in [9.17, 15) is 4.79 Å². The van der Waals surface area contributed by atoms with Gasteiger partial charge in [0.2, 0.25) is 5.91 Å². The average molecular weight is 287 g/mol. The Morgan fingerprint density at radius 2 is 2.29 bits per heavy atom. The number of nitrogens with zero attached hydrogens (tertiary/aromatic N) is 5. The lowest BCUT2D eigenvalue weighted by Gasteiger charge is -2.33. The molecule has 0 unspecified atom stereocenters. The van der Waals surface area contributed by atoms with Crippen LogP contribution in [0.2, 0.25) is 0 Å². The maximum absolute atomic E-state index is 12.3. The number of hydrogen-bond acceptors (Lipinski definition) is 3. The monoisotopic (exact) mass is 287 g/mol. The van der Waals surface area contributed by atoms with Crippen LogP contribution in [0.1, 0.15) is 18.7 Å². The van der Waals surface area contributed by atoms with E-state index >= 15 is 0 Å². The number of carbonyl (C=O) groups is 1. The van der Waals surface area contributed by atoms with Gasteiger partial charge in [0, 0.05) is 44.4 Å². The van der Waals surface area contributed by atoms with E-state index in [1.165, 1.54) is 6.42 Å². The second kappa shape index (κ2) is 6.11. The molecule has 3 rings (SSSR count). The van der Waals surface area contributed by atoms with Gasteiger partial charge >= 0.3 is 0 Å². The van der Waals surface area contributed by atoms with Gasteiger partial charge in [-0.05, 0) is 31.7 Å². The van der Waals surface area contributed by atoms with Crippen molar-refractivity contribution < 1.29 is 4.79 Å². The van der Waals surface area contributed by atoms with Crippen molar-refractivity contribution in [3.05, 3.63) is 36.7 Å². The summed E-state index contributed by atoms with van der Waals surface area (Å²) in [7, 11) is 0. The van der Waals surface area contributed by atoms with Crippen LogP contribution in [0.3, 0.4) is 0 Å². The summed E-state index contributed by atoms with van der Waals surface area (Å²) in [6, 6.07) is 1.84. The lowest BCUT2D eigenvalue weighted by atomic mass is 9.98. The van der Waals surface area contributed by atoms with Crippen LogP contribution in [-0.4, -0.2) is 43.2 Å². The van der Waals surface area contributed by atoms with Crippen LogP contribution < -0.4 is 0 Å². The molecular formula is C15H21N5O. The molecule has 2 aromatic heterocycles. The molecule has 112 valence electrons. The van der Waals surface area contributed by atoms with E-state index in [2.05, 4.69) is 14.6 Å². The van der Waals surface area contributed by atoms with E-state index < -0.39 is 0 Å². The van der Waals surface area contributed by atoms with Crippen LogP contribution >= 0.6 is 0 Å². The first kappa shape index (κ1) is 13.9. The van der Waals surface area contributed by atoms with Gasteiger partial charge in [-0.25, -0.2) is 4.98 Å². The van der Waals surface area contributed by atoms with Gasteiger partial charge in [-0.3, -0.25) is 9.48 Å². The summed E-state index contributed by atoms with van der Waals surface area (Å²) in [5.74, 6) is 1.70. The van der Waals surface area contributed by atoms with Crippen LogP contribution in [0.5, 0.6) is 0 Å². The fourth-order valence-corrected chi connectivity index (χ4v) is 2.95. The first-order valence-electron chi connectivity index (χ1n) is 7.45. The second-order valence-electron chi connectivity index (χ2n) is 5.68. The third-order valence-electron chi connectivity index (χ3n) is 4.11. The standard InChI is InChI=1S/C15H21N5O/c1-13-16-6-9-18(13)10-14-4-2-7-19(11-14)15(21)12-20-8-3-5-17-20/h3,5-6,8-9,14H,2,4,7,10-12H2,1H3/t14-/m0/s1. The maximum Gasteiger partial charge on any atom is 0.244 e. The largest absolute Gasteiger partial charge is 0.341 e. The summed E-state index contributed by atoms with van der Waals surface area (Å²) < 4.78 is 3.86. The summed E-state index contributed by atoms with van der Waals surface area (Å²) in [6.45, 7) is 4.99. The predicted octanol–water partition coefficient (Wildman–Crippen LogP) is 1.33. The lowest BCUT2D eigenvalue weighted by Crippen LogP contribution is -2.42. The molecule has 0 spiro atoms. The molecule has 1 fully saturated rings. The quantitative estimate of drug-likeness (QED) is 0.852. The van der Waals surface area contributed by atoms with Gasteiger partial charge in [-0.2, -0.15) is 5.10 Å². The highest BCUT2D eigenvalue weighted by Crippen LogP contribution is 2.19. The van der Waals surface area contributed by atoms with Crippen molar-refractivity contribution in [1.29, 1.82) is 0 Å². The third-order valence-corrected chi connectivity index (χ3v) is 4.11. The van der Waals surface area contributed by atoms with Gasteiger partial charge in [-0.15, -0.1) is 0 Å². The number of carbonyl (C=O) groups excluding carboxylic acids is 1. The van der Waals surface area contributed by atoms with Gasteiger partial charge in [0.15, 0.2) is 0 Å². The fourth-order valence-electron chi connectivity index (χ4n) is 2.95. The summed E-state index contributed by atoms with van der Waals surface area (Å²) in [5.41, 5.74) is 0. The van der Waals surface area contributed by atoms with Crippen molar-refractivity contribution >= 4 is 5.91 Å². The van der Waals surface area contributed by atoms with E-state index in [1.807, 2.05) is 36.5 Å². The normalized spacial score (nSPS) is 18.9. The van der Waals surface area contributed by atoms with Crippen LogP contribution in [0, 0.1) is 12.8 Å². The molecule has 6 nitrogen and oxygen atoms in total. The van der Waals surface area contributed by atoms with Crippen LogP contribution in [-0.2, 0) is 17.9 Å². The van der Waals surface area contributed by atoms with E-state index in [1.54, 1.807) is 10.9 Å². The summed E-state index contributed by atoms with van der Waals surface area (Å²) in [6.07, 6.45) is 9.62. The SMILES string of the molecule is Cc1nccn1C[C@@H]1CCCN(C(=O)Cn2cccn2)C1. The van der Waals surface area contributed by atoms with Gasteiger partial charge in [0.1, 0.15) is 12.4 Å². The maximum atomic E-state index is 12.3. The molecule has 2 aromatic rings. The Kier molecular flexibility index (Phi) is 4.03. The van der Waals surface area contributed by atoms with E-state index in [4.69, 9.17) is 0 Å². The van der Waals surface area contributed by atoms with Crippen LogP contribution in [0.4, 0.5) is 0 Å². The number of rotatable bonds is 4. The Morgan fingerprint density at radius 1 is 1.38 bits per heavy atom. The minimum atomic E-state index is 0.158. The number of aromatic nitrogens is 4. The highest BCUT2D eigenvalue weighted by Gasteiger charge is 2.24. The van der Waals surface area contributed by atoms with Gasteiger partial charge < -0.3 is 9.47 Å². The van der Waals surface area contributed by atoms with Crippen molar-refractivity contribution in [1.82, 2.24) is 24.2 Å². The molecule has 1 atom stereocenters. The van der Waals surface area contributed by atoms with Crippen molar-refractivity contribution in [3.63, 3.8) is 0 Å².